The fourth-order valence-corrected chi connectivity index (χ4v) is 3.13. The van der Waals surface area contributed by atoms with Crippen LogP contribution in [0.5, 0.6) is 0 Å². The SMILES string of the molecule is CCCN(Cc1ccnn1CCC)CC1CCCNC1. The summed E-state index contributed by atoms with van der Waals surface area (Å²) < 4.78 is 2.17. The second-order valence-electron chi connectivity index (χ2n) is 5.99. The normalized spacial score (nSPS) is 19.6. The molecule has 0 bridgehead atoms. The molecular formula is C16H30N4. The van der Waals surface area contributed by atoms with Crippen molar-refractivity contribution in [3.8, 4) is 0 Å². The Morgan fingerprint density at radius 1 is 1.40 bits per heavy atom. The van der Waals surface area contributed by atoms with Crippen LogP contribution < -0.4 is 5.32 Å². The van der Waals surface area contributed by atoms with E-state index < -0.39 is 0 Å². The monoisotopic (exact) mass is 278 g/mol. The number of hydrogen-bond acceptors (Lipinski definition) is 3. The van der Waals surface area contributed by atoms with Crippen LogP contribution in [0.1, 0.15) is 45.2 Å². The van der Waals surface area contributed by atoms with Crippen molar-refractivity contribution < 1.29 is 0 Å². The maximum Gasteiger partial charge on any atom is 0.0524 e. The number of nitrogens with zero attached hydrogens (tertiary/aromatic N) is 3. The first-order chi connectivity index (χ1) is 9.83. The topological polar surface area (TPSA) is 33.1 Å². The molecule has 0 aliphatic carbocycles. The third kappa shape index (κ3) is 4.60. The van der Waals surface area contributed by atoms with E-state index in [2.05, 4.69) is 39.9 Å². The van der Waals surface area contributed by atoms with Gasteiger partial charge < -0.3 is 5.32 Å². The standard InChI is InChI=1S/C16H30N4/c1-3-10-19(13-15-6-5-8-17-12-15)14-16-7-9-18-20(16)11-4-2/h7,9,15,17H,3-6,8,10-14H2,1-2H3. The number of nitrogens with one attached hydrogen (secondary N) is 1. The predicted octanol–water partition coefficient (Wildman–Crippen LogP) is 2.50. The minimum absolute atomic E-state index is 0.817. The average molecular weight is 278 g/mol. The Morgan fingerprint density at radius 2 is 2.30 bits per heavy atom. The average Bonchev–Trinajstić information content (AvgIpc) is 2.88. The second-order valence-corrected chi connectivity index (χ2v) is 5.99. The largest absolute Gasteiger partial charge is 0.316 e. The Morgan fingerprint density at radius 3 is 3.00 bits per heavy atom. The van der Waals surface area contributed by atoms with Crippen molar-refractivity contribution in [3.05, 3.63) is 18.0 Å². The van der Waals surface area contributed by atoms with E-state index in [0.29, 0.717) is 0 Å². The third-order valence-electron chi connectivity index (χ3n) is 4.08. The number of rotatable bonds is 8. The maximum atomic E-state index is 4.44. The lowest BCUT2D eigenvalue weighted by Crippen LogP contribution is -2.38. The van der Waals surface area contributed by atoms with Crippen molar-refractivity contribution in [3.63, 3.8) is 0 Å². The van der Waals surface area contributed by atoms with Crippen molar-refractivity contribution in [2.24, 2.45) is 5.92 Å². The summed E-state index contributed by atoms with van der Waals surface area (Å²) in [6.07, 6.45) is 7.02. The van der Waals surface area contributed by atoms with Gasteiger partial charge in [-0.25, -0.2) is 0 Å². The number of piperidine rings is 1. The summed E-state index contributed by atoms with van der Waals surface area (Å²) in [5.74, 6) is 0.817. The number of aromatic nitrogens is 2. The summed E-state index contributed by atoms with van der Waals surface area (Å²) in [6.45, 7) is 11.4. The molecule has 1 fully saturated rings. The molecule has 0 aromatic carbocycles. The molecule has 2 heterocycles. The van der Waals surface area contributed by atoms with Crippen molar-refractivity contribution in [2.45, 2.75) is 52.6 Å². The highest BCUT2D eigenvalue weighted by Crippen LogP contribution is 2.14. The van der Waals surface area contributed by atoms with Gasteiger partial charge in [0.15, 0.2) is 0 Å². The van der Waals surface area contributed by atoms with Crippen LogP contribution in [0.25, 0.3) is 0 Å². The molecule has 0 amide bonds. The van der Waals surface area contributed by atoms with E-state index in [1.807, 2.05) is 6.20 Å². The Labute approximate surface area is 123 Å². The molecular weight excluding hydrogens is 248 g/mol. The van der Waals surface area contributed by atoms with Crippen LogP contribution in [-0.4, -0.2) is 40.9 Å². The fourth-order valence-electron chi connectivity index (χ4n) is 3.13. The second kappa shape index (κ2) is 8.42. The molecule has 20 heavy (non-hydrogen) atoms. The first-order valence-electron chi connectivity index (χ1n) is 8.27. The highest BCUT2D eigenvalue weighted by molar-refractivity contribution is 5.00. The van der Waals surface area contributed by atoms with Crippen LogP contribution in [0, 0.1) is 5.92 Å². The van der Waals surface area contributed by atoms with Gasteiger partial charge in [0.1, 0.15) is 0 Å². The summed E-state index contributed by atoms with van der Waals surface area (Å²) in [4.78, 5) is 2.61. The molecule has 1 aromatic rings. The van der Waals surface area contributed by atoms with Gasteiger partial charge in [0, 0.05) is 25.8 Å². The highest BCUT2D eigenvalue weighted by atomic mass is 15.3. The summed E-state index contributed by atoms with van der Waals surface area (Å²) in [7, 11) is 0. The minimum Gasteiger partial charge on any atom is -0.316 e. The number of hydrogen-bond donors (Lipinski definition) is 1. The molecule has 1 aromatic heterocycles. The number of aryl methyl sites for hydroxylation is 1. The van der Waals surface area contributed by atoms with Gasteiger partial charge in [-0.15, -0.1) is 0 Å². The lowest BCUT2D eigenvalue weighted by Gasteiger charge is -2.30. The van der Waals surface area contributed by atoms with Crippen molar-refractivity contribution in [1.82, 2.24) is 20.0 Å². The molecule has 1 aliphatic heterocycles. The van der Waals surface area contributed by atoms with Gasteiger partial charge in [-0.1, -0.05) is 13.8 Å². The Bertz CT molecular complexity index is 368. The Kier molecular flexibility index (Phi) is 6.54. The molecule has 0 spiro atoms. The molecule has 1 aliphatic rings. The maximum absolute atomic E-state index is 4.44. The van der Waals surface area contributed by atoms with E-state index >= 15 is 0 Å². The molecule has 114 valence electrons. The quantitative estimate of drug-likeness (QED) is 0.793. The van der Waals surface area contributed by atoms with E-state index in [0.717, 1.165) is 25.4 Å². The van der Waals surface area contributed by atoms with Crippen LogP contribution in [0.4, 0.5) is 0 Å². The minimum atomic E-state index is 0.817. The van der Waals surface area contributed by atoms with E-state index in [4.69, 9.17) is 0 Å². The van der Waals surface area contributed by atoms with E-state index in [-0.39, 0.29) is 0 Å². The van der Waals surface area contributed by atoms with Gasteiger partial charge in [-0.3, -0.25) is 9.58 Å². The molecule has 2 rings (SSSR count). The third-order valence-corrected chi connectivity index (χ3v) is 4.08. The molecule has 4 heteroatoms. The van der Waals surface area contributed by atoms with Crippen LogP contribution >= 0.6 is 0 Å². The van der Waals surface area contributed by atoms with Crippen molar-refractivity contribution in [1.29, 1.82) is 0 Å². The Balaban J connectivity index is 1.91. The van der Waals surface area contributed by atoms with Crippen molar-refractivity contribution >= 4 is 0 Å². The van der Waals surface area contributed by atoms with Gasteiger partial charge in [-0.2, -0.15) is 5.10 Å². The summed E-state index contributed by atoms with van der Waals surface area (Å²) in [5, 5.41) is 7.97. The van der Waals surface area contributed by atoms with Gasteiger partial charge in [0.05, 0.1) is 5.69 Å². The van der Waals surface area contributed by atoms with Crippen LogP contribution in [0.3, 0.4) is 0 Å². The van der Waals surface area contributed by atoms with Gasteiger partial charge >= 0.3 is 0 Å². The summed E-state index contributed by atoms with van der Waals surface area (Å²) >= 11 is 0. The molecule has 1 atom stereocenters. The highest BCUT2D eigenvalue weighted by Gasteiger charge is 2.17. The molecule has 1 unspecified atom stereocenters. The van der Waals surface area contributed by atoms with Crippen molar-refractivity contribution in [2.75, 3.05) is 26.2 Å². The lowest BCUT2D eigenvalue weighted by atomic mass is 9.99. The van der Waals surface area contributed by atoms with Crippen LogP contribution in [0.2, 0.25) is 0 Å². The molecule has 1 saturated heterocycles. The van der Waals surface area contributed by atoms with E-state index in [1.165, 1.54) is 51.1 Å². The first kappa shape index (κ1) is 15.5. The molecule has 1 N–H and O–H groups in total. The zero-order valence-corrected chi connectivity index (χ0v) is 13.1. The van der Waals surface area contributed by atoms with Crippen LogP contribution in [-0.2, 0) is 13.1 Å². The lowest BCUT2D eigenvalue weighted by molar-refractivity contribution is 0.196. The van der Waals surface area contributed by atoms with Gasteiger partial charge in [-0.05, 0) is 57.3 Å². The van der Waals surface area contributed by atoms with E-state index in [9.17, 15) is 0 Å². The molecule has 0 saturated carbocycles. The first-order valence-corrected chi connectivity index (χ1v) is 8.27. The smallest absolute Gasteiger partial charge is 0.0524 e. The zero-order valence-electron chi connectivity index (χ0n) is 13.1. The van der Waals surface area contributed by atoms with Gasteiger partial charge in [0.2, 0.25) is 0 Å². The fraction of sp³-hybridized carbons (Fsp3) is 0.812. The van der Waals surface area contributed by atoms with E-state index in [1.54, 1.807) is 0 Å². The summed E-state index contributed by atoms with van der Waals surface area (Å²) in [6, 6.07) is 2.18. The summed E-state index contributed by atoms with van der Waals surface area (Å²) in [5.41, 5.74) is 1.36. The molecule has 4 nitrogen and oxygen atoms in total. The predicted molar refractivity (Wildman–Crippen MR) is 83.7 cm³/mol. The van der Waals surface area contributed by atoms with Gasteiger partial charge in [0.25, 0.3) is 0 Å². The molecule has 0 radical (unpaired) electrons. The zero-order chi connectivity index (χ0) is 14.2. The van der Waals surface area contributed by atoms with Crippen LogP contribution in [0.15, 0.2) is 12.3 Å². The Hall–Kier alpha value is -0.870.